The fraction of sp³-hybridized carbons (Fsp3) is 0.909. The Bertz CT molecular complexity index is 679. The number of aliphatic hydroxyl groups is 1. The van der Waals surface area contributed by atoms with Crippen LogP contribution in [0.15, 0.2) is 0 Å². The van der Waals surface area contributed by atoms with Crippen LogP contribution in [-0.4, -0.2) is 38.9 Å². The highest BCUT2D eigenvalue weighted by Crippen LogP contribution is 2.59. The van der Waals surface area contributed by atoms with Crippen molar-refractivity contribution in [2.75, 3.05) is 0 Å². The van der Waals surface area contributed by atoms with Crippen molar-refractivity contribution in [3.05, 3.63) is 22.8 Å². The highest BCUT2D eigenvalue weighted by atomic mass is 35.5. The molecule has 0 aromatic heterocycles. The predicted octanol–water partition coefficient (Wildman–Crippen LogP) is 5.09. The standard InChI is InChI=1S/C22H33ClN2O2/c1-19(2,24-6)16-10-13-22(5,27-16)15-8-11-20(3,25-7)14-9-12-21(4,26)18(23)17(14)15/h14-18,26H,8-13H2,1-5H3/t14-,15-,16-,17-,18+,20-,21+,22+/m0/s1. The van der Waals surface area contributed by atoms with Gasteiger partial charge in [0.2, 0.25) is 5.54 Å². The molecule has 150 valence electrons. The lowest BCUT2D eigenvalue weighted by atomic mass is 9.53. The summed E-state index contributed by atoms with van der Waals surface area (Å²) in [5, 5.41) is 10.5. The van der Waals surface area contributed by atoms with Crippen molar-refractivity contribution < 1.29 is 9.84 Å². The fourth-order valence-electron chi connectivity index (χ4n) is 5.99. The molecule has 1 aliphatic heterocycles. The Morgan fingerprint density at radius 1 is 1.04 bits per heavy atom. The van der Waals surface area contributed by atoms with E-state index >= 15 is 0 Å². The van der Waals surface area contributed by atoms with Gasteiger partial charge in [-0.3, -0.25) is 0 Å². The molecular weight excluding hydrogens is 360 g/mol. The van der Waals surface area contributed by atoms with Gasteiger partial charge in [0.05, 0.1) is 16.6 Å². The first-order chi connectivity index (χ1) is 12.4. The van der Waals surface area contributed by atoms with Crippen LogP contribution in [-0.2, 0) is 4.74 Å². The molecule has 8 atom stereocenters. The minimum absolute atomic E-state index is 0.0584. The Balaban J connectivity index is 1.94. The number of fused-ring (bicyclic) bond motifs is 1. The van der Waals surface area contributed by atoms with Crippen molar-refractivity contribution in [2.45, 2.75) is 107 Å². The van der Waals surface area contributed by atoms with Crippen LogP contribution in [0.1, 0.15) is 73.1 Å². The summed E-state index contributed by atoms with van der Waals surface area (Å²) < 4.78 is 6.58. The molecule has 1 heterocycles. The highest BCUT2D eigenvalue weighted by molar-refractivity contribution is 6.21. The van der Waals surface area contributed by atoms with Crippen LogP contribution >= 0.6 is 11.6 Å². The summed E-state index contributed by atoms with van der Waals surface area (Å²) in [4.78, 5) is 7.81. The summed E-state index contributed by atoms with van der Waals surface area (Å²) in [5.74, 6) is 0.450. The Labute approximate surface area is 169 Å². The van der Waals surface area contributed by atoms with Gasteiger partial charge in [-0.25, -0.2) is 13.1 Å². The lowest BCUT2D eigenvalue weighted by Crippen LogP contribution is -2.61. The van der Waals surface area contributed by atoms with E-state index in [4.69, 9.17) is 29.5 Å². The number of halogens is 1. The Kier molecular flexibility index (Phi) is 5.13. The molecular formula is C22H33ClN2O2. The quantitative estimate of drug-likeness (QED) is 0.524. The van der Waals surface area contributed by atoms with Crippen LogP contribution in [0.5, 0.6) is 0 Å². The van der Waals surface area contributed by atoms with Crippen molar-refractivity contribution in [3.8, 4) is 0 Å². The zero-order valence-corrected chi connectivity index (χ0v) is 18.0. The van der Waals surface area contributed by atoms with E-state index in [1.165, 1.54) is 0 Å². The molecule has 0 aromatic carbocycles. The third-order valence-corrected chi connectivity index (χ3v) is 8.77. The van der Waals surface area contributed by atoms with Crippen molar-refractivity contribution in [2.24, 2.45) is 17.8 Å². The Morgan fingerprint density at radius 3 is 2.26 bits per heavy atom. The van der Waals surface area contributed by atoms with Gasteiger partial charge in [0.25, 0.3) is 5.54 Å². The maximum atomic E-state index is 10.9. The van der Waals surface area contributed by atoms with Crippen LogP contribution in [0, 0.1) is 30.9 Å². The molecule has 1 N–H and O–H groups in total. The van der Waals surface area contributed by atoms with Crippen molar-refractivity contribution in [1.82, 2.24) is 0 Å². The van der Waals surface area contributed by atoms with E-state index < -0.39 is 16.7 Å². The molecule has 27 heavy (non-hydrogen) atoms. The van der Waals surface area contributed by atoms with Gasteiger partial charge in [0, 0.05) is 33.1 Å². The first kappa shape index (κ1) is 20.9. The number of nitrogens with zero attached hydrogens (tertiary/aromatic N) is 2. The molecule has 0 amide bonds. The summed E-state index contributed by atoms with van der Waals surface area (Å²) in [7, 11) is 0. The van der Waals surface area contributed by atoms with E-state index in [-0.39, 0.29) is 34.8 Å². The molecule has 4 nitrogen and oxygen atoms in total. The lowest BCUT2D eigenvalue weighted by Gasteiger charge is -2.55. The van der Waals surface area contributed by atoms with Gasteiger partial charge in [0.1, 0.15) is 6.10 Å². The zero-order chi connectivity index (χ0) is 20.3. The molecule has 0 spiro atoms. The van der Waals surface area contributed by atoms with Crippen LogP contribution in [0.3, 0.4) is 0 Å². The predicted molar refractivity (Wildman–Crippen MR) is 107 cm³/mol. The number of rotatable bonds is 2. The summed E-state index contributed by atoms with van der Waals surface area (Å²) in [5.41, 5.74) is -2.20. The van der Waals surface area contributed by atoms with Crippen molar-refractivity contribution >= 4 is 11.6 Å². The normalized spacial score (nSPS) is 50.5. The molecule has 3 aliphatic rings. The van der Waals surface area contributed by atoms with Crippen LogP contribution < -0.4 is 0 Å². The Hall–Kier alpha value is -0.810. The molecule has 5 heteroatoms. The second-order valence-electron chi connectivity index (χ2n) is 10.3. The van der Waals surface area contributed by atoms with Crippen LogP contribution in [0.2, 0.25) is 0 Å². The summed E-state index contributed by atoms with van der Waals surface area (Å²) in [6, 6.07) is 0. The molecule has 0 aromatic rings. The van der Waals surface area contributed by atoms with E-state index in [2.05, 4.69) is 23.5 Å². The van der Waals surface area contributed by atoms with Gasteiger partial charge < -0.3 is 19.5 Å². The van der Waals surface area contributed by atoms with Crippen LogP contribution in [0.25, 0.3) is 9.69 Å². The van der Waals surface area contributed by atoms with Crippen molar-refractivity contribution in [3.63, 3.8) is 0 Å². The third kappa shape index (κ3) is 3.29. The highest BCUT2D eigenvalue weighted by Gasteiger charge is 2.63. The van der Waals surface area contributed by atoms with Gasteiger partial charge in [-0.1, -0.05) is 0 Å². The molecule has 3 rings (SSSR count). The topological polar surface area (TPSA) is 38.2 Å². The molecule has 2 aliphatic carbocycles. The van der Waals surface area contributed by atoms with Gasteiger partial charge in [-0.15, -0.1) is 11.6 Å². The number of hydrogen-bond donors (Lipinski definition) is 1. The third-order valence-electron chi connectivity index (χ3n) is 8.01. The number of ether oxygens (including phenoxy) is 1. The number of alkyl halides is 1. The first-order valence-electron chi connectivity index (χ1n) is 10.2. The number of hydrogen-bond acceptors (Lipinski definition) is 2. The van der Waals surface area contributed by atoms with Gasteiger partial charge in [-0.05, 0) is 57.8 Å². The molecule has 3 fully saturated rings. The van der Waals surface area contributed by atoms with Gasteiger partial charge in [0.15, 0.2) is 0 Å². The van der Waals surface area contributed by atoms with E-state index in [1.54, 1.807) is 0 Å². The fourth-order valence-corrected chi connectivity index (χ4v) is 6.45. The maximum absolute atomic E-state index is 10.9. The molecule has 0 radical (unpaired) electrons. The minimum atomic E-state index is -0.911. The van der Waals surface area contributed by atoms with Crippen LogP contribution in [0.4, 0.5) is 0 Å². The van der Waals surface area contributed by atoms with Crippen molar-refractivity contribution in [1.29, 1.82) is 0 Å². The monoisotopic (exact) mass is 392 g/mol. The molecule has 0 bridgehead atoms. The second kappa shape index (κ2) is 6.62. The van der Waals surface area contributed by atoms with E-state index in [0.29, 0.717) is 6.42 Å². The first-order valence-corrected chi connectivity index (χ1v) is 10.7. The molecule has 0 unspecified atom stereocenters. The molecule has 2 saturated carbocycles. The second-order valence-corrected chi connectivity index (χ2v) is 10.8. The smallest absolute Gasteiger partial charge is 0.252 e. The van der Waals surface area contributed by atoms with E-state index in [9.17, 15) is 5.11 Å². The average molecular weight is 393 g/mol. The Morgan fingerprint density at radius 2 is 1.67 bits per heavy atom. The maximum Gasteiger partial charge on any atom is 0.252 e. The van der Waals surface area contributed by atoms with Gasteiger partial charge in [-0.2, -0.15) is 0 Å². The average Bonchev–Trinajstić information content (AvgIpc) is 3.02. The summed E-state index contributed by atoms with van der Waals surface area (Å²) in [6.45, 7) is 25.3. The SMILES string of the molecule is [C-]#[N+]C(C)(C)[C@@H]1CC[C@](C)([C@H]2CC[C@](C)([N+]#[C-])[C@H]3CC[C@@](C)(O)[C@H](Cl)[C@H]23)O1. The summed E-state index contributed by atoms with van der Waals surface area (Å²) >= 11 is 6.90. The lowest BCUT2D eigenvalue weighted by molar-refractivity contribution is -0.142. The molecule has 1 saturated heterocycles. The van der Waals surface area contributed by atoms with E-state index in [1.807, 2.05) is 20.8 Å². The summed E-state index contributed by atoms with van der Waals surface area (Å²) in [6.07, 6.45) is 4.93. The van der Waals surface area contributed by atoms with E-state index in [0.717, 1.165) is 32.1 Å². The minimum Gasteiger partial charge on any atom is -0.389 e. The zero-order valence-electron chi connectivity index (χ0n) is 17.3. The van der Waals surface area contributed by atoms with Gasteiger partial charge >= 0.3 is 0 Å². The largest absolute Gasteiger partial charge is 0.389 e.